The van der Waals surface area contributed by atoms with E-state index in [-0.39, 0.29) is 27.7 Å². The summed E-state index contributed by atoms with van der Waals surface area (Å²) in [5.41, 5.74) is 12.3. The molecule has 0 saturated carbocycles. The molecule has 0 bridgehead atoms. The van der Waals surface area contributed by atoms with E-state index in [1.807, 2.05) is 0 Å². The number of carbonyl (C=O) groups is 1. The van der Waals surface area contributed by atoms with Crippen molar-refractivity contribution in [3.8, 4) is 22.3 Å². The molecule has 0 aliphatic carbocycles. The van der Waals surface area contributed by atoms with Crippen LogP contribution in [0.2, 0.25) is 5.02 Å². The second kappa shape index (κ2) is 7.00. The van der Waals surface area contributed by atoms with Crippen molar-refractivity contribution in [2.45, 2.75) is 0 Å². The van der Waals surface area contributed by atoms with Crippen LogP contribution in [0, 0.1) is 15.9 Å². The number of rotatable bonds is 4. The molecule has 2 aromatic carbocycles. The minimum Gasteiger partial charge on any atom is -0.383 e. The Bertz CT molecular complexity index is 1090. The summed E-state index contributed by atoms with van der Waals surface area (Å²) in [4.78, 5) is 25.7. The van der Waals surface area contributed by atoms with Gasteiger partial charge in [0.15, 0.2) is 0 Å². The van der Waals surface area contributed by atoms with Gasteiger partial charge >= 0.3 is 0 Å². The number of benzene rings is 2. The number of anilines is 1. The molecular weight excluding hydrogens is 375 g/mol. The maximum Gasteiger partial charge on any atom is 0.270 e. The van der Waals surface area contributed by atoms with E-state index >= 15 is 0 Å². The number of halogens is 2. The number of nitrogen functional groups attached to an aromatic ring is 1. The number of nitro groups is 1. The molecule has 0 radical (unpaired) electrons. The van der Waals surface area contributed by atoms with Gasteiger partial charge in [-0.1, -0.05) is 17.7 Å². The smallest absolute Gasteiger partial charge is 0.270 e. The van der Waals surface area contributed by atoms with Crippen molar-refractivity contribution in [2.24, 2.45) is 5.73 Å². The van der Waals surface area contributed by atoms with Gasteiger partial charge in [0.05, 0.1) is 15.5 Å². The lowest BCUT2D eigenvalue weighted by Crippen LogP contribution is -2.11. The molecular formula is C18H12ClFN4O3. The quantitative estimate of drug-likeness (QED) is 0.521. The summed E-state index contributed by atoms with van der Waals surface area (Å²) in [6.45, 7) is 0. The van der Waals surface area contributed by atoms with E-state index in [1.54, 1.807) is 12.1 Å². The van der Waals surface area contributed by atoms with E-state index < -0.39 is 16.6 Å². The van der Waals surface area contributed by atoms with Gasteiger partial charge in [-0.3, -0.25) is 14.9 Å². The molecule has 1 aromatic heterocycles. The number of primary amides is 1. The number of nitrogens with zero attached hydrogens (tertiary/aromatic N) is 2. The van der Waals surface area contributed by atoms with Crippen molar-refractivity contribution >= 4 is 29.0 Å². The number of hydrogen-bond donors (Lipinski definition) is 2. The van der Waals surface area contributed by atoms with E-state index in [2.05, 4.69) is 4.98 Å². The molecule has 0 unspecified atom stereocenters. The minimum atomic E-state index is -0.676. The number of hydrogen-bond acceptors (Lipinski definition) is 5. The molecule has 27 heavy (non-hydrogen) atoms. The molecule has 1 amide bonds. The Hall–Kier alpha value is -3.52. The Balaban J connectivity index is 2.14. The Morgan fingerprint density at radius 3 is 2.48 bits per heavy atom. The number of carbonyl (C=O) groups excluding carboxylic acids is 1. The summed E-state index contributed by atoms with van der Waals surface area (Å²) in [6.07, 6.45) is 1.32. The number of amides is 1. The van der Waals surface area contributed by atoms with Crippen molar-refractivity contribution in [3.63, 3.8) is 0 Å². The average molecular weight is 387 g/mol. The minimum absolute atomic E-state index is 0.0119. The Labute approximate surface area is 157 Å². The van der Waals surface area contributed by atoms with Crippen LogP contribution in [0.5, 0.6) is 0 Å². The normalized spacial score (nSPS) is 10.6. The second-order valence-corrected chi connectivity index (χ2v) is 6.04. The molecule has 0 atom stereocenters. The number of aromatic nitrogens is 1. The summed E-state index contributed by atoms with van der Waals surface area (Å²) >= 11 is 6.07. The van der Waals surface area contributed by atoms with Gasteiger partial charge in [0.2, 0.25) is 5.91 Å². The summed E-state index contributed by atoms with van der Waals surface area (Å²) < 4.78 is 14.2. The van der Waals surface area contributed by atoms with Gasteiger partial charge in [-0.15, -0.1) is 0 Å². The van der Waals surface area contributed by atoms with E-state index in [9.17, 15) is 19.3 Å². The first-order chi connectivity index (χ1) is 12.8. The van der Waals surface area contributed by atoms with Crippen LogP contribution in [0.15, 0.2) is 48.7 Å². The first-order valence-electron chi connectivity index (χ1n) is 7.57. The van der Waals surface area contributed by atoms with Gasteiger partial charge in [-0.2, -0.15) is 0 Å². The van der Waals surface area contributed by atoms with Crippen LogP contribution in [-0.4, -0.2) is 15.8 Å². The lowest BCUT2D eigenvalue weighted by atomic mass is 9.99. The molecule has 1 heterocycles. The molecule has 0 saturated heterocycles. The number of non-ortho nitro benzene ring substituents is 1. The van der Waals surface area contributed by atoms with Crippen LogP contribution >= 0.6 is 11.6 Å². The van der Waals surface area contributed by atoms with E-state index in [1.165, 1.54) is 18.3 Å². The van der Waals surface area contributed by atoms with Crippen LogP contribution in [0.3, 0.4) is 0 Å². The topological polar surface area (TPSA) is 125 Å². The molecule has 3 aromatic rings. The van der Waals surface area contributed by atoms with Crippen molar-refractivity contribution < 1.29 is 14.1 Å². The molecule has 9 heteroatoms. The average Bonchev–Trinajstić information content (AvgIpc) is 2.62. The van der Waals surface area contributed by atoms with Crippen LogP contribution in [0.4, 0.5) is 15.9 Å². The molecule has 7 nitrogen and oxygen atoms in total. The zero-order valence-electron chi connectivity index (χ0n) is 13.6. The van der Waals surface area contributed by atoms with Crippen LogP contribution in [-0.2, 0) is 0 Å². The number of nitro benzene ring substituents is 1. The first kappa shape index (κ1) is 18.3. The molecule has 4 N–H and O–H groups in total. The predicted octanol–water partition coefficient (Wildman–Crippen LogP) is 3.80. The zero-order chi connectivity index (χ0) is 19.7. The van der Waals surface area contributed by atoms with Crippen LogP contribution in [0.25, 0.3) is 22.3 Å². The van der Waals surface area contributed by atoms with Gasteiger partial charge in [0.25, 0.3) is 5.69 Å². The highest BCUT2D eigenvalue weighted by atomic mass is 35.5. The summed E-state index contributed by atoms with van der Waals surface area (Å²) in [6, 6.07) is 9.26. The van der Waals surface area contributed by atoms with Gasteiger partial charge < -0.3 is 11.5 Å². The largest absolute Gasteiger partial charge is 0.383 e. The maximum absolute atomic E-state index is 14.2. The second-order valence-electron chi connectivity index (χ2n) is 5.64. The number of nitrogens with two attached hydrogens (primary N) is 2. The summed E-state index contributed by atoms with van der Waals surface area (Å²) in [5, 5.41) is 11.1. The van der Waals surface area contributed by atoms with Crippen molar-refractivity contribution in [3.05, 3.63) is 75.2 Å². The Morgan fingerprint density at radius 2 is 1.85 bits per heavy atom. The molecule has 0 aliphatic heterocycles. The van der Waals surface area contributed by atoms with Gasteiger partial charge in [-0.05, 0) is 29.8 Å². The van der Waals surface area contributed by atoms with Crippen molar-refractivity contribution in [1.82, 2.24) is 4.98 Å². The SMILES string of the molecule is NC(=O)c1ccc(-c2cc(-c3cc([N+](=O)[O-])ccc3F)cnc2N)cc1Cl. The lowest BCUT2D eigenvalue weighted by Gasteiger charge is -2.10. The third-order valence-electron chi connectivity index (χ3n) is 3.94. The lowest BCUT2D eigenvalue weighted by molar-refractivity contribution is -0.384. The van der Waals surface area contributed by atoms with Gasteiger partial charge in [0, 0.05) is 35.0 Å². The summed E-state index contributed by atoms with van der Waals surface area (Å²) in [5.74, 6) is -1.17. The van der Waals surface area contributed by atoms with E-state index in [0.717, 1.165) is 18.2 Å². The first-order valence-corrected chi connectivity index (χ1v) is 7.95. The Morgan fingerprint density at radius 1 is 1.11 bits per heavy atom. The standard InChI is InChI=1S/C18H12ClFN4O3/c19-15-6-9(1-3-12(15)18(22)25)14-5-10(8-23-17(14)21)13-7-11(24(26)27)2-4-16(13)20/h1-8H,(H2,21,23)(H2,22,25). The zero-order valence-corrected chi connectivity index (χ0v) is 14.4. The van der Waals surface area contributed by atoms with Crippen molar-refractivity contribution in [1.29, 1.82) is 0 Å². The molecule has 0 aliphatic rings. The Kier molecular flexibility index (Phi) is 4.74. The fraction of sp³-hybridized carbons (Fsp3) is 0. The van der Waals surface area contributed by atoms with Crippen LogP contribution in [0.1, 0.15) is 10.4 Å². The predicted molar refractivity (Wildman–Crippen MR) is 99.7 cm³/mol. The molecule has 3 rings (SSSR count). The highest BCUT2D eigenvalue weighted by molar-refractivity contribution is 6.34. The van der Waals surface area contributed by atoms with E-state index in [0.29, 0.717) is 16.7 Å². The fourth-order valence-corrected chi connectivity index (χ4v) is 2.86. The summed E-state index contributed by atoms with van der Waals surface area (Å²) in [7, 11) is 0. The molecule has 136 valence electrons. The number of pyridine rings is 1. The third-order valence-corrected chi connectivity index (χ3v) is 4.25. The molecule has 0 fully saturated rings. The highest BCUT2D eigenvalue weighted by Crippen LogP contribution is 2.34. The monoisotopic (exact) mass is 386 g/mol. The van der Waals surface area contributed by atoms with E-state index in [4.69, 9.17) is 23.1 Å². The maximum atomic E-state index is 14.2. The van der Waals surface area contributed by atoms with Gasteiger partial charge in [-0.25, -0.2) is 9.37 Å². The third kappa shape index (κ3) is 3.56. The van der Waals surface area contributed by atoms with Crippen molar-refractivity contribution in [2.75, 3.05) is 5.73 Å². The highest BCUT2D eigenvalue weighted by Gasteiger charge is 2.16. The van der Waals surface area contributed by atoms with Gasteiger partial charge in [0.1, 0.15) is 11.6 Å². The fourth-order valence-electron chi connectivity index (χ4n) is 2.58. The van der Waals surface area contributed by atoms with Crippen LogP contribution < -0.4 is 11.5 Å². The molecule has 0 spiro atoms.